The fourth-order valence-corrected chi connectivity index (χ4v) is 7.34. The van der Waals surface area contributed by atoms with Crippen molar-refractivity contribution >= 4 is 42.7 Å². The molecule has 0 bridgehead atoms. The van der Waals surface area contributed by atoms with E-state index >= 15 is 0 Å². The van der Waals surface area contributed by atoms with Gasteiger partial charge in [0.25, 0.3) is 0 Å². The standard InChI is InChI=1S/C25H19F3N4O5S3/c26-25(27,28)18-9-6-15(7-10-18)14-40(35,36)22(23-32-31-21(37-23)13-29-39(33)34)24-30-19-11-8-17(12-20(19)38-24)16-4-2-1-3-5-16/h1-12,22,29H,13-14H2,(H,33,34)/p-1. The van der Waals surface area contributed by atoms with Crippen LogP contribution in [0.4, 0.5) is 13.2 Å². The number of nitrogens with one attached hydrogen (secondary N) is 1. The molecule has 5 aromatic rings. The van der Waals surface area contributed by atoms with Gasteiger partial charge in [0.05, 0.1) is 28.1 Å². The third kappa shape index (κ3) is 6.28. The third-order valence-corrected chi connectivity index (χ3v) is 9.28. The lowest BCUT2D eigenvalue weighted by atomic mass is 10.1. The number of fused-ring (bicyclic) bond motifs is 1. The number of halogens is 3. The van der Waals surface area contributed by atoms with Crippen LogP contribution in [0.5, 0.6) is 0 Å². The first-order valence-corrected chi connectivity index (χ1v) is 15.1. The van der Waals surface area contributed by atoms with Gasteiger partial charge in [-0.3, -0.25) is 4.21 Å². The second-order valence-electron chi connectivity index (χ2n) is 8.57. The molecule has 5 rings (SSSR count). The highest BCUT2D eigenvalue weighted by atomic mass is 32.2. The summed E-state index contributed by atoms with van der Waals surface area (Å²) in [6, 6.07) is 18.8. The molecule has 0 fully saturated rings. The molecule has 40 heavy (non-hydrogen) atoms. The average molecular weight is 608 g/mol. The molecule has 0 radical (unpaired) electrons. The Bertz CT molecular complexity index is 1770. The molecule has 2 unspecified atom stereocenters. The molecule has 0 spiro atoms. The van der Waals surface area contributed by atoms with Crippen LogP contribution in [0.3, 0.4) is 0 Å². The minimum absolute atomic E-state index is 0.114. The Hall–Kier alpha value is -3.50. The van der Waals surface area contributed by atoms with Crippen molar-refractivity contribution in [1.29, 1.82) is 0 Å². The van der Waals surface area contributed by atoms with Crippen molar-refractivity contribution in [3.05, 3.63) is 101 Å². The Morgan fingerprint density at radius 1 is 1.00 bits per heavy atom. The molecule has 0 saturated heterocycles. The zero-order valence-electron chi connectivity index (χ0n) is 20.2. The van der Waals surface area contributed by atoms with Crippen LogP contribution in [0.1, 0.15) is 33.2 Å². The number of hydrogen-bond acceptors (Lipinski definition) is 9. The first-order chi connectivity index (χ1) is 19.0. The minimum atomic E-state index is -4.57. The third-order valence-electron chi connectivity index (χ3n) is 5.79. The second kappa shape index (κ2) is 11.2. The molecule has 2 aromatic heterocycles. The number of rotatable bonds is 9. The Morgan fingerprint density at radius 2 is 1.73 bits per heavy atom. The van der Waals surface area contributed by atoms with Crippen molar-refractivity contribution in [3.63, 3.8) is 0 Å². The molecule has 0 aliphatic carbocycles. The van der Waals surface area contributed by atoms with Gasteiger partial charge in [0.2, 0.25) is 11.8 Å². The van der Waals surface area contributed by atoms with Crippen molar-refractivity contribution in [3.8, 4) is 11.1 Å². The summed E-state index contributed by atoms with van der Waals surface area (Å²) >= 11 is -1.52. The molecule has 3 aromatic carbocycles. The summed E-state index contributed by atoms with van der Waals surface area (Å²) in [5.41, 5.74) is 1.58. The average Bonchev–Trinajstić information content (AvgIpc) is 3.54. The highest BCUT2D eigenvalue weighted by molar-refractivity contribution is 7.91. The molecule has 15 heteroatoms. The molecule has 208 valence electrons. The number of alkyl halides is 3. The Balaban J connectivity index is 1.54. The smallest absolute Gasteiger partial charge is 0.416 e. The summed E-state index contributed by atoms with van der Waals surface area (Å²) in [6.45, 7) is -0.366. The van der Waals surface area contributed by atoms with Crippen LogP contribution in [0.15, 0.2) is 77.2 Å². The van der Waals surface area contributed by atoms with Crippen LogP contribution in [0.25, 0.3) is 21.3 Å². The van der Waals surface area contributed by atoms with Gasteiger partial charge in [-0.1, -0.05) is 48.5 Å². The van der Waals surface area contributed by atoms with Gasteiger partial charge in [-0.05, 0) is 41.0 Å². The Morgan fingerprint density at radius 3 is 2.40 bits per heavy atom. The molecule has 9 nitrogen and oxygen atoms in total. The SMILES string of the molecule is O=S([O-])NCc1nnc(C(c2nc3ccc(-c4ccccc4)cc3s2)S(=O)(=O)Cc2ccc(C(F)(F)F)cc2)o1. The molecule has 1 N–H and O–H groups in total. The quantitative estimate of drug-likeness (QED) is 0.232. The molecule has 0 saturated carbocycles. The minimum Gasteiger partial charge on any atom is -0.760 e. The lowest BCUT2D eigenvalue weighted by Gasteiger charge is -2.13. The van der Waals surface area contributed by atoms with E-state index in [1.807, 2.05) is 42.5 Å². The van der Waals surface area contributed by atoms with Gasteiger partial charge in [0.1, 0.15) is 5.01 Å². The number of hydrogen-bond donors (Lipinski definition) is 1. The van der Waals surface area contributed by atoms with Gasteiger partial charge >= 0.3 is 6.18 Å². The summed E-state index contributed by atoms with van der Waals surface area (Å²) in [5.74, 6) is -1.16. The van der Waals surface area contributed by atoms with Gasteiger partial charge in [-0.25, -0.2) is 18.1 Å². The highest BCUT2D eigenvalue weighted by Crippen LogP contribution is 2.38. The van der Waals surface area contributed by atoms with E-state index in [0.29, 0.717) is 10.2 Å². The summed E-state index contributed by atoms with van der Waals surface area (Å²) < 4.78 is 96.3. The second-order valence-corrected chi connectivity index (χ2v) is 12.5. The van der Waals surface area contributed by atoms with Crippen LogP contribution in [0.2, 0.25) is 0 Å². The summed E-state index contributed by atoms with van der Waals surface area (Å²) in [6.07, 6.45) is -4.57. The fraction of sp³-hybridized carbons (Fsp3) is 0.160. The maximum Gasteiger partial charge on any atom is 0.416 e. The first kappa shape index (κ1) is 28.0. The lowest BCUT2D eigenvalue weighted by Crippen LogP contribution is -2.18. The number of aromatic nitrogens is 3. The van der Waals surface area contributed by atoms with Crippen molar-refractivity contribution < 1.29 is 34.8 Å². The van der Waals surface area contributed by atoms with Gasteiger partial charge in [0.15, 0.2) is 15.1 Å². The molecular formula is C25H18F3N4O5S3-. The van der Waals surface area contributed by atoms with Crippen molar-refractivity contribution in [2.45, 2.75) is 23.7 Å². The predicted molar refractivity (Wildman–Crippen MR) is 141 cm³/mol. The van der Waals surface area contributed by atoms with Crippen molar-refractivity contribution in [2.75, 3.05) is 0 Å². The maximum absolute atomic E-state index is 13.7. The topological polar surface area (TPSA) is 138 Å². The van der Waals surface area contributed by atoms with Crippen molar-refractivity contribution in [1.82, 2.24) is 19.9 Å². The molecule has 0 amide bonds. The predicted octanol–water partition coefficient (Wildman–Crippen LogP) is 4.95. The van der Waals surface area contributed by atoms with Gasteiger partial charge in [0, 0.05) is 11.3 Å². The zero-order valence-corrected chi connectivity index (χ0v) is 22.6. The number of thiazole rings is 1. The Kier molecular flexibility index (Phi) is 7.83. The van der Waals surface area contributed by atoms with E-state index in [2.05, 4.69) is 19.9 Å². The van der Waals surface area contributed by atoms with E-state index in [-0.39, 0.29) is 28.9 Å². The number of sulfone groups is 1. The molecular weight excluding hydrogens is 589 g/mol. The van der Waals surface area contributed by atoms with E-state index in [9.17, 15) is 30.4 Å². The van der Waals surface area contributed by atoms with Gasteiger partial charge in [-0.2, -0.15) is 13.2 Å². The van der Waals surface area contributed by atoms with Crippen LogP contribution in [0, 0.1) is 0 Å². The summed E-state index contributed by atoms with van der Waals surface area (Å²) in [7, 11) is -4.23. The highest BCUT2D eigenvalue weighted by Gasteiger charge is 2.37. The van der Waals surface area contributed by atoms with Crippen LogP contribution in [-0.4, -0.2) is 32.4 Å². The maximum atomic E-state index is 13.7. The van der Waals surface area contributed by atoms with Crippen LogP contribution in [-0.2, 0) is 39.6 Å². The molecule has 2 atom stereocenters. The van der Waals surface area contributed by atoms with E-state index in [4.69, 9.17) is 4.42 Å². The number of nitrogens with zero attached hydrogens (tertiary/aromatic N) is 3. The van der Waals surface area contributed by atoms with Gasteiger partial charge in [-0.15, -0.1) is 21.5 Å². The van der Waals surface area contributed by atoms with E-state index in [1.165, 1.54) is 0 Å². The van der Waals surface area contributed by atoms with Gasteiger partial charge < -0.3 is 8.97 Å². The summed E-state index contributed by atoms with van der Waals surface area (Å²) in [5, 5.41) is 6.14. The van der Waals surface area contributed by atoms with Crippen molar-refractivity contribution in [2.24, 2.45) is 0 Å². The molecule has 2 heterocycles. The lowest BCUT2D eigenvalue weighted by molar-refractivity contribution is -0.137. The van der Waals surface area contributed by atoms with E-state index in [1.54, 1.807) is 6.07 Å². The summed E-state index contributed by atoms with van der Waals surface area (Å²) in [4.78, 5) is 4.51. The van der Waals surface area contributed by atoms with E-state index < -0.39 is 43.8 Å². The largest absolute Gasteiger partial charge is 0.760 e. The normalized spacial score (nSPS) is 13.9. The zero-order chi connectivity index (χ0) is 28.5. The monoisotopic (exact) mass is 607 g/mol. The fourth-order valence-electron chi connectivity index (χ4n) is 3.95. The first-order valence-electron chi connectivity index (χ1n) is 11.5. The number of benzene rings is 3. The van der Waals surface area contributed by atoms with E-state index in [0.717, 1.165) is 46.7 Å². The Labute approximate surface area is 232 Å². The molecule has 0 aliphatic heterocycles. The van der Waals surface area contributed by atoms with Crippen LogP contribution < -0.4 is 4.72 Å². The van der Waals surface area contributed by atoms with Crippen LogP contribution >= 0.6 is 11.3 Å². The molecule has 0 aliphatic rings.